The van der Waals surface area contributed by atoms with Gasteiger partial charge in [0, 0.05) is 33.3 Å². The summed E-state index contributed by atoms with van der Waals surface area (Å²) in [6, 6.07) is 4.32. The maximum atomic E-state index is 4.72. The van der Waals surface area contributed by atoms with Gasteiger partial charge < -0.3 is 14.4 Å². The topological polar surface area (TPSA) is 50.1 Å². The van der Waals surface area contributed by atoms with Gasteiger partial charge in [0.15, 0.2) is 0 Å². The first kappa shape index (κ1) is 15.9. The second kappa shape index (κ2) is 6.35. The normalized spacial score (nSPS) is 14.4. The molecule has 1 aliphatic heterocycles. The van der Waals surface area contributed by atoms with Crippen LogP contribution in [0.4, 0.5) is 17.3 Å². The van der Waals surface area contributed by atoms with Crippen molar-refractivity contribution in [2.24, 2.45) is 7.05 Å². The number of hydrogen-bond donors (Lipinski definition) is 0. The van der Waals surface area contributed by atoms with Gasteiger partial charge in [-0.25, -0.2) is 15.0 Å². The molecule has 0 atom stereocenters. The molecule has 0 amide bonds. The van der Waals surface area contributed by atoms with Gasteiger partial charge >= 0.3 is 0 Å². The third-order valence-electron chi connectivity index (χ3n) is 5.06. The first-order valence-corrected chi connectivity index (χ1v) is 8.92. The Kier molecular flexibility index (Phi) is 4.03. The van der Waals surface area contributed by atoms with Crippen molar-refractivity contribution < 1.29 is 0 Å². The van der Waals surface area contributed by atoms with E-state index in [2.05, 4.69) is 45.9 Å². The van der Waals surface area contributed by atoms with Crippen LogP contribution in [-0.4, -0.2) is 39.7 Å². The largest absolute Gasteiger partial charge is 0.357 e. The number of nitrogens with zero attached hydrogens (tertiary/aromatic N) is 6. The monoisotopic (exact) mass is 336 g/mol. The second-order valence-electron chi connectivity index (χ2n) is 6.66. The maximum absolute atomic E-state index is 4.72. The smallest absolute Gasteiger partial charge is 0.134 e. The molecular formula is C19H24N6. The summed E-state index contributed by atoms with van der Waals surface area (Å²) < 4.78 is 2.02. The van der Waals surface area contributed by atoms with E-state index in [0.717, 1.165) is 47.9 Å². The van der Waals surface area contributed by atoms with E-state index < -0.39 is 0 Å². The Labute approximate surface area is 148 Å². The molecule has 0 radical (unpaired) electrons. The minimum atomic E-state index is 0.904. The van der Waals surface area contributed by atoms with Crippen molar-refractivity contribution in [3.05, 3.63) is 36.4 Å². The predicted molar refractivity (Wildman–Crippen MR) is 102 cm³/mol. The van der Waals surface area contributed by atoms with Gasteiger partial charge in [0.1, 0.15) is 17.2 Å². The summed E-state index contributed by atoms with van der Waals surface area (Å²) in [5.74, 6) is 2.00. The van der Waals surface area contributed by atoms with E-state index in [9.17, 15) is 0 Å². The van der Waals surface area contributed by atoms with Gasteiger partial charge in [-0.15, -0.1) is 0 Å². The summed E-state index contributed by atoms with van der Waals surface area (Å²) in [5.41, 5.74) is 4.40. The third kappa shape index (κ3) is 2.81. The van der Waals surface area contributed by atoms with Crippen molar-refractivity contribution in [2.45, 2.75) is 26.2 Å². The maximum Gasteiger partial charge on any atom is 0.134 e. The molecule has 4 rings (SSSR count). The molecule has 1 fully saturated rings. The summed E-state index contributed by atoms with van der Waals surface area (Å²) in [4.78, 5) is 18.1. The molecule has 3 aromatic heterocycles. The number of fused-ring (bicyclic) bond motifs is 1. The molecule has 25 heavy (non-hydrogen) atoms. The number of aromatic nitrogens is 4. The van der Waals surface area contributed by atoms with Gasteiger partial charge in [-0.1, -0.05) is 6.92 Å². The lowest BCUT2D eigenvalue weighted by molar-refractivity contribution is 0.927. The zero-order valence-corrected chi connectivity index (χ0v) is 15.1. The SMILES string of the molecule is CCc1cc(N2CCCC2)ncc1N(C)c1cc2c(cn1)ncn2C. The molecule has 6 heteroatoms. The predicted octanol–water partition coefficient (Wildman–Crippen LogP) is 3.29. The molecular weight excluding hydrogens is 312 g/mol. The molecule has 1 saturated heterocycles. The fraction of sp³-hybridized carbons (Fsp3) is 0.421. The number of anilines is 3. The van der Waals surface area contributed by atoms with Crippen LogP contribution in [0.5, 0.6) is 0 Å². The van der Waals surface area contributed by atoms with Crippen molar-refractivity contribution >= 4 is 28.4 Å². The number of hydrogen-bond acceptors (Lipinski definition) is 5. The van der Waals surface area contributed by atoms with Crippen LogP contribution in [0.2, 0.25) is 0 Å². The average Bonchev–Trinajstić information content (AvgIpc) is 3.31. The van der Waals surface area contributed by atoms with Gasteiger partial charge in [-0.3, -0.25) is 0 Å². The Bertz CT molecular complexity index is 894. The second-order valence-corrected chi connectivity index (χ2v) is 6.66. The van der Waals surface area contributed by atoms with E-state index in [1.165, 1.54) is 18.4 Å². The molecule has 0 saturated carbocycles. The van der Waals surface area contributed by atoms with E-state index in [1.807, 2.05) is 30.3 Å². The quantitative estimate of drug-likeness (QED) is 0.732. The van der Waals surface area contributed by atoms with Crippen molar-refractivity contribution in [1.82, 2.24) is 19.5 Å². The zero-order chi connectivity index (χ0) is 17.4. The van der Waals surface area contributed by atoms with Crippen LogP contribution in [0.1, 0.15) is 25.3 Å². The van der Waals surface area contributed by atoms with Crippen molar-refractivity contribution in [2.75, 3.05) is 29.9 Å². The standard InChI is InChI=1S/C19H24N6/c1-4-14-9-19(25-7-5-6-8-25)21-12-17(14)24(3)18-10-16-15(11-20-18)22-13-23(16)2/h9-13H,4-8H2,1-3H3. The van der Waals surface area contributed by atoms with Crippen molar-refractivity contribution in [3.63, 3.8) is 0 Å². The Balaban J connectivity index is 1.70. The Hall–Kier alpha value is -2.63. The molecule has 0 aliphatic carbocycles. The lowest BCUT2D eigenvalue weighted by Crippen LogP contribution is -2.20. The molecule has 3 aromatic rings. The number of pyridine rings is 2. The lowest BCUT2D eigenvalue weighted by Gasteiger charge is -2.23. The van der Waals surface area contributed by atoms with Crippen LogP contribution in [0.25, 0.3) is 11.0 Å². The summed E-state index contributed by atoms with van der Waals surface area (Å²) in [7, 11) is 4.05. The summed E-state index contributed by atoms with van der Waals surface area (Å²) in [6.45, 7) is 4.42. The highest BCUT2D eigenvalue weighted by Crippen LogP contribution is 2.30. The first-order chi connectivity index (χ1) is 12.2. The Morgan fingerprint density at radius 2 is 1.88 bits per heavy atom. The molecule has 130 valence electrons. The first-order valence-electron chi connectivity index (χ1n) is 8.92. The van der Waals surface area contributed by atoms with E-state index >= 15 is 0 Å². The molecule has 0 bridgehead atoms. The fourth-order valence-electron chi connectivity index (χ4n) is 3.51. The van der Waals surface area contributed by atoms with Crippen LogP contribution >= 0.6 is 0 Å². The van der Waals surface area contributed by atoms with E-state index in [1.54, 1.807) is 0 Å². The molecule has 0 aromatic carbocycles. The highest BCUT2D eigenvalue weighted by molar-refractivity contribution is 5.79. The Morgan fingerprint density at radius 1 is 1.08 bits per heavy atom. The van der Waals surface area contributed by atoms with Crippen LogP contribution in [0.15, 0.2) is 30.9 Å². The highest BCUT2D eigenvalue weighted by Gasteiger charge is 2.17. The summed E-state index contributed by atoms with van der Waals surface area (Å²) >= 11 is 0. The van der Waals surface area contributed by atoms with Crippen LogP contribution in [0, 0.1) is 0 Å². The van der Waals surface area contributed by atoms with E-state index in [4.69, 9.17) is 4.98 Å². The van der Waals surface area contributed by atoms with Crippen LogP contribution in [0.3, 0.4) is 0 Å². The molecule has 4 heterocycles. The van der Waals surface area contributed by atoms with E-state index in [0.29, 0.717) is 0 Å². The molecule has 6 nitrogen and oxygen atoms in total. The van der Waals surface area contributed by atoms with Crippen molar-refractivity contribution in [3.8, 4) is 0 Å². The van der Waals surface area contributed by atoms with Gasteiger partial charge in [0.25, 0.3) is 0 Å². The minimum Gasteiger partial charge on any atom is -0.357 e. The van der Waals surface area contributed by atoms with Crippen LogP contribution < -0.4 is 9.80 Å². The number of imidazole rings is 1. The molecule has 0 spiro atoms. The van der Waals surface area contributed by atoms with Crippen LogP contribution in [-0.2, 0) is 13.5 Å². The molecule has 0 unspecified atom stereocenters. The third-order valence-corrected chi connectivity index (χ3v) is 5.06. The minimum absolute atomic E-state index is 0.904. The van der Waals surface area contributed by atoms with E-state index in [-0.39, 0.29) is 0 Å². The average molecular weight is 336 g/mol. The molecule has 1 aliphatic rings. The van der Waals surface area contributed by atoms with Gasteiger partial charge in [0.2, 0.25) is 0 Å². The summed E-state index contributed by atoms with van der Waals surface area (Å²) in [5, 5.41) is 0. The summed E-state index contributed by atoms with van der Waals surface area (Å²) in [6.07, 6.45) is 9.14. The zero-order valence-electron chi connectivity index (χ0n) is 15.1. The molecule has 0 N–H and O–H groups in total. The van der Waals surface area contributed by atoms with Crippen molar-refractivity contribution in [1.29, 1.82) is 0 Å². The van der Waals surface area contributed by atoms with Gasteiger partial charge in [0.05, 0.1) is 29.9 Å². The Morgan fingerprint density at radius 3 is 2.64 bits per heavy atom. The number of aryl methyl sites for hydroxylation is 2. The fourth-order valence-corrected chi connectivity index (χ4v) is 3.51. The van der Waals surface area contributed by atoms with Gasteiger partial charge in [-0.05, 0) is 30.9 Å². The highest BCUT2D eigenvalue weighted by atomic mass is 15.2. The lowest BCUT2D eigenvalue weighted by atomic mass is 10.1. The number of rotatable bonds is 4. The van der Waals surface area contributed by atoms with Gasteiger partial charge in [-0.2, -0.15) is 0 Å².